The third-order valence-electron chi connectivity index (χ3n) is 2.28. The van der Waals surface area contributed by atoms with Gasteiger partial charge >= 0.3 is 0 Å². The van der Waals surface area contributed by atoms with E-state index in [-0.39, 0.29) is 0 Å². The van der Waals surface area contributed by atoms with Crippen molar-refractivity contribution in [1.82, 2.24) is 9.88 Å². The monoisotopic (exact) mass is 287 g/mol. The zero-order chi connectivity index (χ0) is 13.5. The number of nitro groups is 1. The van der Waals surface area contributed by atoms with E-state index in [1.54, 1.807) is 12.3 Å². The van der Waals surface area contributed by atoms with Gasteiger partial charge in [0.15, 0.2) is 0 Å². The van der Waals surface area contributed by atoms with Gasteiger partial charge in [-0.1, -0.05) is 17.7 Å². The van der Waals surface area contributed by atoms with Crippen molar-refractivity contribution < 1.29 is 4.92 Å². The minimum Gasteiger partial charge on any atom is -0.357 e. The third-order valence-corrected chi connectivity index (χ3v) is 3.29. The molecule has 0 amide bonds. The van der Waals surface area contributed by atoms with Crippen LogP contribution in [0, 0.1) is 10.1 Å². The Morgan fingerprint density at radius 3 is 2.83 bits per heavy atom. The molecule has 7 heteroatoms. The molecule has 18 heavy (non-hydrogen) atoms. The molecule has 0 radical (unpaired) electrons. The Labute approximate surface area is 115 Å². The fourth-order valence-corrected chi connectivity index (χ4v) is 2.17. The first-order chi connectivity index (χ1) is 8.56. The molecule has 1 heterocycles. The van der Waals surface area contributed by atoms with Crippen molar-refractivity contribution in [2.24, 2.45) is 0 Å². The predicted octanol–water partition coefficient (Wildman–Crippen LogP) is 3.00. The number of nitrogens with zero attached hydrogens (tertiary/aromatic N) is 3. The summed E-state index contributed by atoms with van der Waals surface area (Å²) in [5.41, 5.74) is 0.963. The van der Waals surface area contributed by atoms with Gasteiger partial charge in [0.2, 0.25) is 0 Å². The van der Waals surface area contributed by atoms with Crippen LogP contribution in [0.4, 0.5) is 0 Å². The van der Waals surface area contributed by atoms with E-state index < -0.39 is 4.92 Å². The summed E-state index contributed by atoms with van der Waals surface area (Å²) in [4.78, 5) is 16.0. The molecule has 0 aliphatic rings. The maximum atomic E-state index is 10.5. The van der Waals surface area contributed by atoms with Crippen LogP contribution in [0.25, 0.3) is 0 Å². The Balaban J connectivity index is 2.83. The van der Waals surface area contributed by atoms with Crippen LogP contribution in [0.3, 0.4) is 0 Å². The van der Waals surface area contributed by atoms with Gasteiger partial charge in [-0.2, -0.15) is 0 Å². The van der Waals surface area contributed by atoms with Crippen LogP contribution in [0.5, 0.6) is 0 Å². The van der Waals surface area contributed by atoms with Crippen molar-refractivity contribution in [3.8, 4) is 0 Å². The first kappa shape index (κ1) is 14.8. The number of pyridine rings is 1. The second-order valence-corrected chi connectivity index (χ2v) is 4.67. The van der Waals surface area contributed by atoms with E-state index >= 15 is 0 Å². The summed E-state index contributed by atoms with van der Waals surface area (Å²) in [6, 6.07) is 3.57. The van der Waals surface area contributed by atoms with Gasteiger partial charge in [0.25, 0.3) is 6.20 Å². The van der Waals surface area contributed by atoms with Gasteiger partial charge in [-0.05, 0) is 24.8 Å². The van der Waals surface area contributed by atoms with Crippen LogP contribution in [0.1, 0.15) is 12.5 Å². The molecule has 0 aromatic carbocycles. The molecule has 0 aliphatic carbocycles. The molecule has 0 saturated carbocycles. The van der Waals surface area contributed by atoms with E-state index in [1.807, 2.05) is 24.1 Å². The maximum absolute atomic E-state index is 10.5. The van der Waals surface area contributed by atoms with E-state index in [4.69, 9.17) is 11.6 Å². The highest BCUT2D eigenvalue weighted by Crippen LogP contribution is 2.20. The average molecular weight is 288 g/mol. The van der Waals surface area contributed by atoms with Crippen LogP contribution < -0.4 is 0 Å². The van der Waals surface area contributed by atoms with Crippen molar-refractivity contribution in [2.45, 2.75) is 13.5 Å². The Morgan fingerprint density at radius 2 is 2.39 bits per heavy atom. The second-order valence-electron chi connectivity index (χ2n) is 3.46. The largest absolute Gasteiger partial charge is 0.357 e. The van der Waals surface area contributed by atoms with Gasteiger partial charge in [0.1, 0.15) is 10.2 Å². The van der Waals surface area contributed by atoms with Crippen LogP contribution in [0.15, 0.2) is 29.6 Å². The van der Waals surface area contributed by atoms with Gasteiger partial charge in [-0.3, -0.25) is 10.1 Å². The number of thioether (sulfide) groups is 1. The number of hydrogen-bond donors (Lipinski definition) is 0. The summed E-state index contributed by atoms with van der Waals surface area (Å²) in [7, 11) is 0. The molecule has 1 rings (SSSR count). The highest BCUT2D eigenvalue weighted by molar-refractivity contribution is 8.02. The first-order valence-corrected chi connectivity index (χ1v) is 6.91. The molecule has 98 valence electrons. The number of hydrogen-bond acceptors (Lipinski definition) is 5. The van der Waals surface area contributed by atoms with Gasteiger partial charge in [0, 0.05) is 19.3 Å². The van der Waals surface area contributed by atoms with Crippen molar-refractivity contribution in [3.05, 3.63) is 50.4 Å². The molecule has 0 aliphatic heterocycles. The summed E-state index contributed by atoms with van der Waals surface area (Å²) < 4.78 is 0. The molecule has 0 unspecified atom stereocenters. The SMILES string of the molecule is CCN(Cc1ccc(Cl)nc1)C(=C[N+](=O)[O-])SC. The lowest BCUT2D eigenvalue weighted by Gasteiger charge is -2.22. The highest BCUT2D eigenvalue weighted by atomic mass is 35.5. The Morgan fingerprint density at radius 1 is 1.67 bits per heavy atom. The first-order valence-electron chi connectivity index (χ1n) is 5.31. The fraction of sp³-hybridized carbons (Fsp3) is 0.364. The minimum absolute atomic E-state index is 0.436. The zero-order valence-electron chi connectivity index (χ0n) is 10.2. The number of aromatic nitrogens is 1. The smallest absolute Gasteiger partial charge is 0.264 e. The van der Waals surface area contributed by atoms with Gasteiger partial charge in [0.05, 0.1) is 4.92 Å². The lowest BCUT2D eigenvalue weighted by molar-refractivity contribution is -0.403. The minimum atomic E-state index is -0.436. The zero-order valence-corrected chi connectivity index (χ0v) is 11.7. The molecule has 0 atom stereocenters. The van der Waals surface area contributed by atoms with Crippen LogP contribution in [-0.2, 0) is 6.54 Å². The van der Waals surface area contributed by atoms with Crippen molar-refractivity contribution >= 4 is 23.4 Å². The summed E-state index contributed by atoms with van der Waals surface area (Å²) in [5.74, 6) is 0. The highest BCUT2D eigenvalue weighted by Gasteiger charge is 2.11. The molecule has 0 N–H and O–H groups in total. The molecular weight excluding hydrogens is 274 g/mol. The Kier molecular flexibility index (Phi) is 5.94. The summed E-state index contributed by atoms with van der Waals surface area (Å²) in [6.07, 6.45) is 4.52. The molecule has 1 aromatic heterocycles. The third kappa shape index (κ3) is 4.54. The molecule has 0 bridgehead atoms. The van der Waals surface area contributed by atoms with E-state index in [0.29, 0.717) is 23.3 Å². The second kappa shape index (κ2) is 7.23. The quantitative estimate of drug-likeness (QED) is 0.457. The predicted molar refractivity (Wildman–Crippen MR) is 73.9 cm³/mol. The fourth-order valence-electron chi connectivity index (χ4n) is 1.42. The van der Waals surface area contributed by atoms with Crippen LogP contribution >= 0.6 is 23.4 Å². The molecule has 0 spiro atoms. The summed E-state index contributed by atoms with van der Waals surface area (Å²) >= 11 is 7.06. The van der Waals surface area contributed by atoms with Gasteiger partial charge in [-0.15, -0.1) is 11.8 Å². The van der Waals surface area contributed by atoms with Crippen LogP contribution in [-0.4, -0.2) is 27.6 Å². The number of halogens is 1. The van der Waals surface area contributed by atoms with Gasteiger partial charge < -0.3 is 4.90 Å². The maximum Gasteiger partial charge on any atom is 0.264 e. The lowest BCUT2D eigenvalue weighted by Crippen LogP contribution is -2.21. The number of rotatable bonds is 6. The Bertz CT molecular complexity index is 436. The Hall–Kier alpha value is -1.27. The summed E-state index contributed by atoms with van der Waals surface area (Å²) in [5, 5.41) is 11.6. The van der Waals surface area contributed by atoms with E-state index in [2.05, 4.69) is 4.98 Å². The van der Waals surface area contributed by atoms with E-state index in [9.17, 15) is 10.1 Å². The average Bonchev–Trinajstić information content (AvgIpc) is 2.35. The standard InChI is InChI=1S/C11H14ClN3O2S/c1-3-14(11(18-2)8-15(16)17)7-9-4-5-10(12)13-6-9/h4-6,8H,3,7H2,1-2H3. The summed E-state index contributed by atoms with van der Waals surface area (Å²) in [6.45, 7) is 3.21. The van der Waals surface area contributed by atoms with E-state index in [0.717, 1.165) is 11.8 Å². The molecular formula is C11H14ClN3O2S. The normalized spacial score (nSPS) is 11.4. The molecule has 5 nitrogen and oxygen atoms in total. The van der Waals surface area contributed by atoms with Crippen molar-refractivity contribution in [2.75, 3.05) is 12.8 Å². The molecule has 1 aromatic rings. The topological polar surface area (TPSA) is 59.3 Å². The van der Waals surface area contributed by atoms with Gasteiger partial charge in [-0.25, -0.2) is 4.98 Å². The van der Waals surface area contributed by atoms with E-state index in [1.165, 1.54) is 11.8 Å². The van der Waals surface area contributed by atoms with Crippen LogP contribution in [0.2, 0.25) is 5.15 Å². The lowest BCUT2D eigenvalue weighted by atomic mass is 10.2. The van der Waals surface area contributed by atoms with Crippen molar-refractivity contribution in [1.29, 1.82) is 0 Å². The molecule has 0 saturated heterocycles. The van der Waals surface area contributed by atoms with Crippen molar-refractivity contribution in [3.63, 3.8) is 0 Å². The molecule has 0 fully saturated rings.